The molecule has 0 radical (unpaired) electrons. The quantitative estimate of drug-likeness (QED) is 0.139. The number of hydrogen-bond donors (Lipinski definition) is 1. The Bertz CT molecular complexity index is 1330. The highest BCUT2D eigenvalue weighted by Crippen LogP contribution is 2.27. The van der Waals surface area contributed by atoms with Gasteiger partial charge in [0.1, 0.15) is 5.75 Å². The zero-order valence-electron chi connectivity index (χ0n) is 25.9. The second-order valence-corrected chi connectivity index (χ2v) is 11.2. The number of likely N-dealkylation sites (tertiary alicyclic amines) is 1. The van der Waals surface area contributed by atoms with Gasteiger partial charge < -0.3 is 24.4 Å². The fraction of sp³-hybridized carbons (Fsp3) is 0.457. The number of anilines is 1. The van der Waals surface area contributed by atoms with E-state index in [-0.39, 0.29) is 12.4 Å². The van der Waals surface area contributed by atoms with Gasteiger partial charge in [-0.3, -0.25) is 9.69 Å². The van der Waals surface area contributed by atoms with Crippen LogP contribution in [0.15, 0.2) is 60.7 Å². The zero-order valence-corrected chi connectivity index (χ0v) is 25.9. The van der Waals surface area contributed by atoms with E-state index in [4.69, 9.17) is 24.4 Å². The second-order valence-electron chi connectivity index (χ2n) is 11.2. The lowest BCUT2D eigenvalue weighted by Gasteiger charge is -2.36. The molecule has 0 spiro atoms. The fourth-order valence-corrected chi connectivity index (χ4v) is 5.81. The summed E-state index contributed by atoms with van der Waals surface area (Å²) in [6.07, 6.45) is 10.7. The van der Waals surface area contributed by atoms with Gasteiger partial charge in [0.15, 0.2) is 0 Å². The summed E-state index contributed by atoms with van der Waals surface area (Å²) < 4.78 is 10.7. The Morgan fingerprint density at radius 3 is 2.30 bits per heavy atom. The van der Waals surface area contributed by atoms with Crippen molar-refractivity contribution in [3.05, 3.63) is 71.9 Å². The Labute approximate surface area is 261 Å². The summed E-state index contributed by atoms with van der Waals surface area (Å²) in [7, 11) is 1.38. The van der Waals surface area contributed by atoms with Gasteiger partial charge >= 0.3 is 5.97 Å². The molecule has 9 heteroatoms. The first-order chi connectivity index (χ1) is 21.6. The van der Waals surface area contributed by atoms with E-state index in [9.17, 15) is 4.79 Å². The first-order valence-corrected chi connectivity index (χ1v) is 15.7. The van der Waals surface area contributed by atoms with Crippen LogP contribution in [0.25, 0.3) is 17.0 Å². The van der Waals surface area contributed by atoms with Crippen LogP contribution < -0.4 is 9.64 Å². The Kier molecular flexibility index (Phi) is 13.5. The van der Waals surface area contributed by atoms with Crippen molar-refractivity contribution in [3.8, 4) is 5.75 Å². The first kappa shape index (κ1) is 33.0. The molecule has 2 aliphatic heterocycles. The van der Waals surface area contributed by atoms with E-state index in [1.807, 2.05) is 6.07 Å². The number of pyridine rings is 1. The Balaban J connectivity index is 0.00000141. The standard InChI is InChI=1S/C34H44N4O3.CH2O2/c1-40-33(39)17-14-30-13-12-29-8-6-9-32(34(29)35-30)38-25-23-37(24-26-38)22-18-28-10-15-31(16-11-28)41-27-7-21-36-19-4-2-3-5-20-36;2-1-3/h6,8-17H,2-5,7,18-27H2,1H3;1H,(H,2,3). The summed E-state index contributed by atoms with van der Waals surface area (Å²) in [6, 6.07) is 19.0. The van der Waals surface area contributed by atoms with Crippen LogP contribution in [0.5, 0.6) is 5.75 Å². The van der Waals surface area contributed by atoms with Gasteiger partial charge in [0.25, 0.3) is 6.47 Å². The lowest BCUT2D eigenvalue weighted by Crippen LogP contribution is -2.47. The number of hydrogen-bond acceptors (Lipinski definition) is 8. The van der Waals surface area contributed by atoms with Gasteiger partial charge in [-0.05, 0) is 74.7 Å². The molecule has 3 aromatic rings. The monoisotopic (exact) mass is 602 g/mol. The van der Waals surface area contributed by atoms with Crippen molar-refractivity contribution in [2.24, 2.45) is 0 Å². The van der Waals surface area contributed by atoms with E-state index in [0.29, 0.717) is 0 Å². The van der Waals surface area contributed by atoms with Crippen molar-refractivity contribution in [2.45, 2.75) is 38.5 Å². The van der Waals surface area contributed by atoms with Crippen LogP contribution in [0.4, 0.5) is 5.69 Å². The number of rotatable bonds is 11. The summed E-state index contributed by atoms with van der Waals surface area (Å²) >= 11 is 0. The maximum atomic E-state index is 11.5. The number of carboxylic acid groups (broad SMARTS) is 1. The number of esters is 1. The lowest BCUT2D eigenvalue weighted by atomic mass is 10.1. The number of piperazine rings is 1. The molecule has 0 bridgehead atoms. The molecule has 2 aliphatic rings. The van der Waals surface area contributed by atoms with Crippen molar-refractivity contribution in [1.82, 2.24) is 14.8 Å². The molecular formula is C35H46N4O5. The van der Waals surface area contributed by atoms with E-state index >= 15 is 0 Å². The van der Waals surface area contributed by atoms with Crippen molar-refractivity contribution in [3.63, 3.8) is 0 Å². The number of methoxy groups -OCH3 is 1. The van der Waals surface area contributed by atoms with E-state index in [1.54, 1.807) is 6.08 Å². The van der Waals surface area contributed by atoms with Gasteiger partial charge in [0.2, 0.25) is 0 Å². The smallest absolute Gasteiger partial charge is 0.330 e. The van der Waals surface area contributed by atoms with Gasteiger partial charge in [-0.1, -0.05) is 43.2 Å². The predicted molar refractivity (Wildman–Crippen MR) is 175 cm³/mol. The summed E-state index contributed by atoms with van der Waals surface area (Å²) in [4.78, 5) is 32.3. The molecule has 0 aliphatic carbocycles. The van der Waals surface area contributed by atoms with Crippen molar-refractivity contribution in [2.75, 3.05) is 71.0 Å². The van der Waals surface area contributed by atoms with Gasteiger partial charge in [-0.25, -0.2) is 9.78 Å². The summed E-state index contributed by atoms with van der Waals surface area (Å²) in [5, 5.41) is 7.99. The molecule has 0 saturated carbocycles. The van der Waals surface area contributed by atoms with E-state index in [0.717, 1.165) is 86.8 Å². The average Bonchev–Trinajstić information content (AvgIpc) is 3.34. The molecule has 0 amide bonds. The fourth-order valence-electron chi connectivity index (χ4n) is 5.81. The summed E-state index contributed by atoms with van der Waals surface area (Å²) in [5.41, 5.74) is 4.23. The molecule has 2 aromatic carbocycles. The number of nitrogens with zero attached hydrogens (tertiary/aromatic N) is 4. The molecule has 2 saturated heterocycles. The molecule has 0 unspecified atom stereocenters. The third-order valence-corrected chi connectivity index (χ3v) is 8.25. The summed E-state index contributed by atoms with van der Waals surface area (Å²) in [5.74, 6) is 0.598. The Morgan fingerprint density at radius 2 is 1.59 bits per heavy atom. The van der Waals surface area contributed by atoms with E-state index in [1.165, 1.54) is 57.5 Å². The molecule has 236 valence electrons. The van der Waals surface area contributed by atoms with E-state index < -0.39 is 0 Å². The maximum Gasteiger partial charge on any atom is 0.330 e. The minimum atomic E-state index is -0.380. The van der Waals surface area contributed by atoms with Gasteiger partial charge in [0.05, 0.1) is 30.6 Å². The largest absolute Gasteiger partial charge is 0.494 e. The molecule has 2 fully saturated rings. The van der Waals surface area contributed by atoms with Crippen molar-refractivity contribution in [1.29, 1.82) is 0 Å². The molecule has 9 nitrogen and oxygen atoms in total. The van der Waals surface area contributed by atoms with Crippen LogP contribution in [-0.2, 0) is 20.7 Å². The maximum absolute atomic E-state index is 11.5. The Hall–Kier alpha value is -3.95. The van der Waals surface area contributed by atoms with Crippen LogP contribution in [0.2, 0.25) is 0 Å². The zero-order chi connectivity index (χ0) is 31.0. The van der Waals surface area contributed by atoms with Crippen LogP contribution >= 0.6 is 0 Å². The third-order valence-electron chi connectivity index (χ3n) is 8.25. The van der Waals surface area contributed by atoms with Crippen LogP contribution in [0, 0.1) is 0 Å². The first-order valence-electron chi connectivity index (χ1n) is 15.7. The van der Waals surface area contributed by atoms with Crippen LogP contribution in [0.3, 0.4) is 0 Å². The number of benzene rings is 2. The van der Waals surface area contributed by atoms with Crippen molar-refractivity contribution < 1.29 is 24.2 Å². The highest BCUT2D eigenvalue weighted by molar-refractivity contribution is 5.92. The molecule has 3 heterocycles. The molecular weight excluding hydrogens is 556 g/mol. The molecule has 1 aromatic heterocycles. The predicted octanol–water partition coefficient (Wildman–Crippen LogP) is 5.13. The second kappa shape index (κ2) is 18.0. The molecule has 1 N–H and O–H groups in total. The number of carbonyl (C=O) groups excluding carboxylic acids is 1. The van der Waals surface area contributed by atoms with Gasteiger partial charge in [-0.15, -0.1) is 0 Å². The molecule has 5 rings (SSSR count). The average molecular weight is 603 g/mol. The number of carbonyl (C=O) groups is 2. The molecule has 44 heavy (non-hydrogen) atoms. The highest BCUT2D eigenvalue weighted by Gasteiger charge is 2.19. The number of para-hydroxylation sites is 1. The number of ether oxygens (including phenoxy) is 2. The normalized spacial score (nSPS) is 16.2. The third kappa shape index (κ3) is 10.3. The minimum Gasteiger partial charge on any atom is -0.494 e. The number of fused-ring (bicyclic) bond motifs is 1. The minimum absolute atomic E-state index is 0.250. The van der Waals surface area contributed by atoms with Gasteiger partial charge in [-0.2, -0.15) is 0 Å². The van der Waals surface area contributed by atoms with Gasteiger partial charge in [0, 0.05) is 50.7 Å². The van der Waals surface area contributed by atoms with Crippen LogP contribution in [0.1, 0.15) is 43.4 Å². The topological polar surface area (TPSA) is 95.4 Å². The SMILES string of the molecule is COC(=O)C=Cc1ccc2cccc(N3CCN(CCc4ccc(OCCCN5CCCCCC5)cc4)CC3)c2n1.O=CO. The number of aromatic nitrogens is 1. The van der Waals surface area contributed by atoms with Crippen LogP contribution in [-0.4, -0.2) is 98.4 Å². The van der Waals surface area contributed by atoms with Crippen molar-refractivity contribution >= 4 is 35.1 Å². The Morgan fingerprint density at radius 1 is 0.886 bits per heavy atom. The lowest BCUT2D eigenvalue weighted by molar-refractivity contribution is -0.134. The summed E-state index contributed by atoms with van der Waals surface area (Å²) in [6.45, 7) is 9.23. The highest BCUT2D eigenvalue weighted by atomic mass is 16.5. The molecule has 0 atom stereocenters. The van der Waals surface area contributed by atoms with E-state index in [2.05, 4.69) is 63.2 Å².